The van der Waals surface area contributed by atoms with Crippen LogP contribution in [0.4, 0.5) is 10.0 Å². The molecule has 0 aliphatic carbocycles. The molecule has 10 heteroatoms. The first kappa shape index (κ1) is 37.2. The number of thiophene rings is 2. The molecule has 57 heavy (non-hydrogen) atoms. The maximum atomic E-state index is 12.9. The van der Waals surface area contributed by atoms with Crippen LogP contribution in [0.2, 0.25) is 0 Å². The Hall–Kier alpha value is -6.72. The summed E-state index contributed by atoms with van der Waals surface area (Å²) in [5, 5.41) is 1.96. The van der Waals surface area contributed by atoms with E-state index in [2.05, 4.69) is 67.7 Å². The average Bonchev–Trinajstić information content (AvgIpc) is 3.85. The van der Waals surface area contributed by atoms with E-state index in [0.29, 0.717) is 43.6 Å². The van der Waals surface area contributed by atoms with Crippen molar-refractivity contribution in [3.05, 3.63) is 170 Å². The number of nitrogens with zero attached hydrogens (tertiary/aromatic N) is 4. The largest absolute Gasteiger partial charge is 0.497 e. The quantitative estimate of drug-likeness (QED) is 0.0826. The summed E-state index contributed by atoms with van der Waals surface area (Å²) in [5.41, 5.74) is 7.23. The summed E-state index contributed by atoms with van der Waals surface area (Å²) < 4.78 is 10.5. The molecule has 6 aromatic rings. The van der Waals surface area contributed by atoms with Gasteiger partial charge in [-0.3, -0.25) is 0 Å². The van der Waals surface area contributed by atoms with E-state index in [-0.39, 0.29) is 0 Å². The molecule has 2 aliphatic rings. The molecular formula is C47H36N4O4S2. The fraction of sp³-hybridized carbons (Fsp3) is 0.149. The number of hydrogen-bond donors (Lipinski definition) is 0. The van der Waals surface area contributed by atoms with E-state index in [0.717, 1.165) is 59.9 Å². The number of carbonyl (C=O) groups excluding carboxylic acids is 2. The van der Waals surface area contributed by atoms with Crippen LogP contribution in [-0.4, -0.2) is 41.5 Å². The van der Waals surface area contributed by atoms with E-state index < -0.39 is 11.9 Å². The summed E-state index contributed by atoms with van der Waals surface area (Å²) in [7, 11) is 1.66. The highest BCUT2D eigenvalue weighted by Crippen LogP contribution is 2.35. The van der Waals surface area contributed by atoms with Crippen LogP contribution in [0.25, 0.3) is 0 Å². The first-order valence-corrected chi connectivity index (χ1v) is 20.0. The molecule has 0 saturated heterocycles. The predicted octanol–water partition coefficient (Wildman–Crippen LogP) is 9.36. The van der Waals surface area contributed by atoms with Gasteiger partial charge in [-0.15, -0.1) is 22.7 Å². The number of hydrogen-bond acceptors (Lipinski definition) is 10. The standard InChI is InChI=1S/C47H36N4O4S2/c1-54-41-23-17-34(18-24-41)10-6-12-43-26-40-30-51(32-49-45(40)57-43)28-36-15-21-38(22-16-36)47(53)55-46(52)37-19-13-35(14-20-37)27-50-29-39-25-42(56-44(39)48-31-50)11-5-9-33-7-3-2-4-8-33/h2-4,7-8,13-26,31-32H,9-10,27-30H2,1H3. The topological polar surface area (TPSA) is 83.8 Å². The van der Waals surface area contributed by atoms with Crippen LogP contribution in [0.5, 0.6) is 5.75 Å². The summed E-state index contributed by atoms with van der Waals surface area (Å²) in [6.07, 6.45) is 5.07. The van der Waals surface area contributed by atoms with E-state index in [1.54, 1.807) is 54.0 Å². The number of methoxy groups -OCH3 is 1. The lowest BCUT2D eigenvalue weighted by atomic mass is 10.1. The maximum absolute atomic E-state index is 12.9. The molecule has 2 aliphatic heterocycles. The van der Waals surface area contributed by atoms with E-state index in [1.165, 1.54) is 5.56 Å². The number of ether oxygens (including phenoxy) is 2. The van der Waals surface area contributed by atoms with Gasteiger partial charge in [0, 0.05) is 50.1 Å². The van der Waals surface area contributed by atoms with Gasteiger partial charge in [0.15, 0.2) is 0 Å². The second-order valence-corrected chi connectivity index (χ2v) is 15.6. The highest BCUT2D eigenvalue weighted by molar-refractivity contribution is 7.16. The third kappa shape index (κ3) is 9.57. The zero-order valence-electron chi connectivity index (χ0n) is 31.1. The lowest BCUT2D eigenvalue weighted by Gasteiger charge is -2.22. The van der Waals surface area contributed by atoms with Crippen molar-refractivity contribution < 1.29 is 19.1 Å². The first-order valence-electron chi connectivity index (χ1n) is 18.3. The minimum atomic E-state index is -0.695. The van der Waals surface area contributed by atoms with Crippen molar-refractivity contribution in [1.29, 1.82) is 0 Å². The molecule has 0 unspecified atom stereocenters. The molecular weight excluding hydrogens is 749 g/mol. The molecule has 0 radical (unpaired) electrons. The summed E-state index contributed by atoms with van der Waals surface area (Å²) in [5.74, 6) is 12.5. The fourth-order valence-corrected chi connectivity index (χ4v) is 8.13. The Morgan fingerprint density at radius 3 is 1.54 bits per heavy atom. The number of aliphatic imine (C=N–C) groups is 2. The van der Waals surface area contributed by atoms with Gasteiger partial charge in [0.1, 0.15) is 15.8 Å². The van der Waals surface area contributed by atoms with Crippen LogP contribution in [0.1, 0.15) is 63.9 Å². The minimum absolute atomic E-state index is 0.302. The molecule has 2 aromatic heterocycles. The lowest BCUT2D eigenvalue weighted by molar-refractivity contribution is 0.0397. The van der Waals surface area contributed by atoms with Gasteiger partial charge in [-0.05, 0) is 70.8 Å². The SMILES string of the molecule is COc1ccc(CC#Cc2cc3c(s2)N=CN(Cc2ccc(C(=O)OC(=O)c4ccc(CN5C=Nc6sc(C#CCc7ccccc7)cc6C5)cc4)cc2)C3)cc1. The molecule has 0 N–H and O–H groups in total. The Bertz CT molecular complexity index is 2590. The van der Waals surface area contributed by atoms with E-state index in [1.807, 2.05) is 79.4 Å². The van der Waals surface area contributed by atoms with Crippen molar-refractivity contribution >= 4 is 57.3 Å². The van der Waals surface area contributed by atoms with Gasteiger partial charge in [-0.1, -0.05) is 90.4 Å². The van der Waals surface area contributed by atoms with Gasteiger partial charge in [0.25, 0.3) is 0 Å². The van der Waals surface area contributed by atoms with Crippen LogP contribution in [0.15, 0.2) is 125 Å². The predicted molar refractivity (Wildman–Crippen MR) is 227 cm³/mol. The summed E-state index contributed by atoms with van der Waals surface area (Å²) in [4.78, 5) is 41.3. The van der Waals surface area contributed by atoms with E-state index in [4.69, 9.17) is 9.47 Å². The molecule has 280 valence electrons. The Balaban J connectivity index is 0.789. The minimum Gasteiger partial charge on any atom is -0.497 e. The van der Waals surface area contributed by atoms with Gasteiger partial charge in [0.2, 0.25) is 0 Å². The van der Waals surface area contributed by atoms with Crippen molar-refractivity contribution in [1.82, 2.24) is 9.80 Å². The Morgan fingerprint density at radius 2 is 1.07 bits per heavy atom. The molecule has 0 saturated carbocycles. The molecule has 0 bridgehead atoms. The van der Waals surface area contributed by atoms with E-state index >= 15 is 0 Å². The van der Waals surface area contributed by atoms with Crippen LogP contribution in [-0.2, 0) is 43.8 Å². The Labute approximate surface area is 339 Å². The first-order chi connectivity index (χ1) is 27.9. The van der Waals surface area contributed by atoms with Crippen LogP contribution in [0, 0.1) is 23.7 Å². The smallest absolute Gasteiger partial charge is 0.346 e. The Morgan fingerprint density at radius 1 is 0.614 bits per heavy atom. The van der Waals surface area contributed by atoms with E-state index in [9.17, 15) is 9.59 Å². The van der Waals surface area contributed by atoms with Crippen molar-refractivity contribution in [2.75, 3.05) is 7.11 Å². The summed E-state index contributed by atoms with van der Waals surface area (Å²) in [6, 6.07) is 36.6. The van der Waals surface area contributed by atoms with Gasteiger partial charge in [-0.25, -0.2) is 19.6 Å². The van der Waals surface area contributed by atoms with Crippen molar-refractivity contribution in [3.63, 3.8) is 0 Å². The summed E-state index contributed by atoms with van der Waals surface area (Å²) in [6.45, 7) is 2.66. The third-order valence-corrected chi connectivity index (χ3v) is 11.3. The lowest BCUT2D eigenvalue weighted by Crippen LogP contribution is -2.23. The van der Waals surface area contributed by atoms with Crippen LogP contribution < -0.4 is 4.74 Å². The molecule has 8 nitrogen and oxygen atoms in total. The molecule has 0 amide bonds. The van der Waals surface area contributed by atoms with Gasteiger partial charge in [-0.2, -0.15) is 0 Å². The van der Waals surface area contributed by atoms with Gasteiger partial charge < -0.3 is 19.3 Å². The normalized spacial score (nSPS) is 12.4. The third-order valence-electron chi connectivity index (χ3n) is 9.34. The highest BCUT2D eigenvalue weighted by atomic mass is 32.1. The number of fused-ring (bicyclic) bond motifs is 2. The molecule has 8 rings (SSSR count). The second-order valence-electron chi connectivity index (χ2n) is 13.5. The zero-order chi connectivity index (χ0) is 39.0. The monoisotopic (exact) mass is 784 g/mol. The van der Waals surface area contributed by atoms with Crippen molar-refractivity contribution in [2.45, 2.75) is 39.0 Å². The molecule has 4 aromatic carbocycles. The van der Waals surface area contributed by atoms with Gasteiger partial charge in [0.05, 0.1) is 40.7 Å². The number of esters is 2. The maximum Gasteiger partial charge on any atom is 0.346 e. The summed E-state index contributed by atoms with van der Waals surface area (Å²) >= 11 is 3.20. The molecule has 0 spiro atoms. The molecule has 4 heterocycles. The van der Waals surface area contributed by atoms with Gasteiger partial charge >= 0.3 is 11.9 Å². The highest BCUT2D eigenvalue weighted by Gasteiger charge is 2.19. The number of rotatable bonds is 9. The molecule has 0 fully saturated rings. The number of carbonyl (C=O) groups is 2. The van der Waals surface area contributed by atoms with Crippen LogP contribution in [0.3, 0.4) is 0 Å². The molecule has 0 atom stereocenters. The number of benzene rings is 4. The average molecular weight is 785 g/mol. The van der Waals surface area contributed by atoms with Crippen LogP contribution >= 0.6 is 22.7 Å². The Kier molecular flexibility index (Phi) is 11.4. The second kappa shape index (κ2) is 17.4. The van der Waals surface area contributed by atoms with Crippen molar-refractivity contribution in [2.24, 2.45) is 9.98 Å². The zero-order valence-corrected chi connectivity index (χ0v) is 32.7. The fourth-order valence-electron chi connectivity index (χ4n) is 6.36. The van der Waals surface area contributed by atoms with Crippen molar-refractivity contribution in [3.8, 4) is 29.4 Å².